The van der Waals surface area contributed by atoms with Gasteiger partial charge < -0.3 is 15.1 Å². The van der Waals surface area contributed by atoms with E-state index in [4.69, 9.17) is 0 Å². The molecule has 3 aliphatic rings. The Morgan fingerprint density at radius 2 is 1.68 bits per heavy atom. The number of urea groups is 1. The normalized spacial score (nSPS) is 22.3. The Kier molecular flexibility index (Phi) is 5.75. The van der Waals surface area contributed by atoms with Crippen molar-refractivity contribution in [2.75, 3.05) is 18.4 Å². The molecule has 1 aliphatic carbocycles. The molecule has 5 rings (SSSR count). The maximum Gasteiger partial charge on any atom is 0.416 e. The Bertz CT molecular complexity index is 1050. The third-order valence-corrected chi connectivity index (χ3v) is 6.98. The van der Waals surface area contributed by atoms with E-state index in [0.717, 1.165) is 30.5 Å². The van der Waals surface area contributed by atoms with Crippen LogP contribution in [-0.2, 0) is 17.4 Å². The molecule has 0 bridgehead atoms. The van der Waals surface area contributed by atoms with E-state index in [-0.39, 0.29) is 24.0 Å². The van der Waals surface area contributed by atoms with Gasteiger partial charge in [-0.15, -0.1) is 0 Å². The van der Waals surface area contributed by atoms with Crippen LogP contribution in [0.4, 0.5) is 23.7 Å². The quantitative estimate of drug-likeness (QED) is 0.700. The molecule has 1 unspecified atom stereocenters. The first kappa shape index (κ1) is 22.7. The van der Waals surface area contributed by atoms with Crippen LogP contribution >= 0.6 is 0 Å². The number of halogens is 3. The highest BCUT2D eigenvalue weighted by Crippen LogP contribution is 2.41. The molecular formula is C25H27F3N4O2. The lowest BCUT2D eigenvalue weighted by atomic mass is 9.95. The Labute approximate surface area is 196 Å². The highest BCUT2D eigenvalue weighted by atomic mass is 19.4. The number of carbonyl (C=O) groups excluding carboxylic acids is 2. The molecule has 2 saturated heterocycles. The predicted molar refractivity (Wildman–Crippen MR) is 121 cm³/mol. The minimum absolute atomic E-state index is 0.133. The summed E-state index contributed by atoms with van der Waals surface area (Å²) in [5.74, 6) is 0.133. The van der Waals surface area contributed by atoms with Crippen LogP contribution in [0.15, 0.2) is 54.6 Å². The van der Waals surface area contributed by atoms with Gasteiger partial charge in [0.2, 0.25) is 5.91 Å². The van der Waals surface area contributed by atoms with Gasteiger partial charge >= 0.3 is 12.2 Å². The van der Waals surface area contributed by atoms with Crippen molar-refractivity contribution in [1.82, 2.24) is 15.1 Å². The highest BCUT2D eigenvalue weighted by Gasteiger charge is 2.56. The second kappa shape index (κ2) is 8.61. The minimum atomic E-state index is -4.42. The Balaban J connectivity index is 1.23. The van der Waals surface area contributed by atoms with Crippen LogP contribution < -0.4 is 10.6 Å². The molecule has 2 N–H and O–H groups in total. The van der Waals surface area contributed by atoms with E-state index in [2.05, 4.69) is 10.6 Å². The summed E-state index contributed by atoms with van der Waals surface area (Å²) in [4.78, 5) is 29.7. The van der Waals surface area contributed by atoms with Gasteiger partial charge in [0.05, 0.1) is 17.3 Å². The summed E-state index contributed by atoms with van der Waals surface area (Å²) in [5, 5.41) is 6.30. The van der Waals surface area contributed by atoms with Gasteiger partial charge in [-0.25, -0.2) is 4.79 Å². The van der Waals surface area contributed by atoms with Gasteiger partial charge in [0.15, 0.2) is 0 Å². The number of amides is 3. The zero-order valence-corrected chi connectivity index (χ0v) is 18.6. The average Bonchev–Trinajstić information content (AvgIpc) is 3.61. The van der Waals surface area contributed by atoms with Crippen LogP contribution in [0, 0.1) is 0 Å². The molecule has 1 saturated carbocycles. The summed E-state index contributed by atoms with van der Waals surface area (Å²) < 4.78 is 38.3. The van der Waals surface area contributed by atoms with Crippen LogP contribution in [0.25, 0.3) is 0 Å². The van der Waals surface area contributed by atoms with Crippen molar-refractivity contribution in [3.63, 3.8) is 0 Å². The number of nitrogens with zero attached hydrogens (tertiary/aromatic N) is 2. The smallest absolute Gasteiger partial charge is 0.324 e. The summed E-state index contributed by atoms with van der Waals surface area (Å²) in [6.07, 6.45) is -0.553. The van der Waals surface area contributed by atoms with Crippen LogP contribution in [0.3, 0.4) is 0 Å². The zero-order valence-electron chi connectivity index (χ0n) is 18.6. The fourth-order valence-electron chi connectivity index (χ4n) is 5.09. The van der Waals surface area contributed by atoms with E-state index < -0.39 is 17.4 Å². The molecule has 3 amide bonds. The first-order valence-corrected chi connectivity index (χ1v) is 11.6. The van der Waals surface area contributed by atoms with E-state index in [0.29, 0.717) is 38.0 Å². The van der Waals surface area contributed by atoms with Gasteiger partial charge in [0.1, 0.15) is 0 Å². The highest BCUT2D eigenvalue weighted by molar-refractivity contribution is 5.90. The summed E-state index contributed by atoms with van der Waals surface area (Å²) >= 11 is 0. The Hall–Kier alpha value is -3.07. The first-order chi connectivity index (χ1) is 16.2. The molecule has 0 radical (unpaired) electrons. The lowest BCUT2D eigenvalue weighted by Gasteiger charge is -2.44. The first-order valence-electron chi connectivity index (χ1n) is 11.6. The van der Waals surface area contributed by atoms with Crippen molar-refractivity contribution in [2.24, 2.45) is 0 Å². The van der Waals surface area contributed by atoms with Crippen molar-refractivity contribution in [2.45, 2.75) is 56.0 Å². The number of hydrogen-bond donors (Lipinski definition) is 2. The standard InChI is InChI=1S/C25H27F3N4O2/c26-25(27,28)18-6-8-19(9-7-18)29-23(34)31-14-12-24(13-15-31)30-21(16-17-4-2-1-3-5-17)22(33)32(24)20-10-11-20/h1-9,20-21,30H,10-16H2,(H,29,34). The third kappa shape index (κ3) is 4.49. The van der Waals surface area contributed by atoms with E-state index in [1.165, 1.54) is 12.1 Å². The van der Waals surface area contributed by atoms with Crippen molar-refractivity contribution in [3.05, 3.63) is 65.7 Å². The van der Waals surface area contributed by atoms with Gasteiger partial charge in [0, 0.05) is 37.7 Å². The fraction of sp³-hybridized carbons (Fsp3) is 0.440. The fourth-order valence-corrected chi connectivity index (χ4v) is 5.09. The molecule has 1 spiro atoms. The average molecular weight is 473 g/mol. The molecule has 2 aromatic rings. The molecule has 0 aromatic heterocycles. The van der Waals surface area contributed by atoms with E-state index in [1.54, 1.807) is 4.90 Å². The summed E-state index contributed by atoms with van der Waals surface area (Å²) in [7, 11) is 0. The minimum Gasteiger partial charge on any atom is -0.324 e. The lowest BCUT2D eigenvalue weighted by molar-refractivity contribution is -0.137. The van der Waals surface area contributed by atoms with E-state index >= 15 is 0 Å². The summed E-state index contributed by atoms with van der Waals surface area (Å²) in [6.45, 7) is 0.905. The Morgan fingerprint density at radius 3 is 2.26 bits per heavy atom. The summed E-state index contributed by atoms with van der Waals surface area (Å²) in [5.41, 5.74) is 0.208. The Morgan fingerprint density at radius 1 is 1.03 bits per heavy atom. The molecule has 6 nitrogen and oxygen atoms in total. The van der Waals surface area contributed by atoms with Gasteiger partial charge in [-0.3, -0.25) is 10.1 Å². The molecule has 2 aliphatic heterocycles. The maximum atomic E-state index is 13.3. The van der Waals surface area contributed by atoms with E-state index in [9.17, 15) is 22.8 Å². The van der Waals surface area contributed by atoms with Gasteiger partial charge in [0.25, 0.3) is 0 Å². The number of likely N-dealkylation sites (tertiary alicyclic amines) is 1. The molecular weight excluding hydrogens is 445 g/mol. The number of alkyl halides is 3. The number of piperidine rings is 1. The number of benzene rings is 2. The number of rotatable bonds is 4. The molecule has 2 heterocycles. The van der Waals surface area contributed by atoms with Gasteiger partial charge in [-0.2, -0.15) is 13.2 Å². The van der Waals surface area contributed by atoms with Crippen molar-refractivity contribution in [3.8, 4) is 0 Å². The molecule has 3 fully saturated rings. The van der Waals surface area contributed by atoms with E-state index in [1.807, 2.05) is 35.2 Å². The molecule has 9 heteroatoms. The molecule has 2 aromatic carbocycles. The third-order valence-electron chi connectivity index (χ3n) is 6.98. The zero-order chi connectivity index (χ0) is 23.9. The largest absolute Gasteiger partial charge is 0.416 e. The van der Waals surface area contributed by atoms with Crippen molar-refractivity contribution >= 4 is 17.6 Å². The number of carbonyl (C=O) groups is 2. The van der Waals surface area contributed by atoms with Crippen LogP contribution in [0.2, 0.25) is 0 Å². The molecule has 180 valence electrons. The van der Waals surface area contributed by atoms with Crippen LogP contribution in [0.1, 0.15) is 36.8 Å². The second-order valence-electron chi connectivity index (χ2n) is 9.35. The van der Waals surface area contributed by atoms with Crippen LogP contribution in [-0.4, -0.2) is 52.6 Å². The second-order valence-corrected chi connectivity index (χ2v) is 9.35. The monoisotopic (exact) mass is 472 g/mol. The van der Waals surface area contributed by atoms with Crippen molar-refractivity contribution < 1.29 is 22.8 Å². The van der Waals surface area contributed by atoms with Gasteiger partial charge in [-0.05, 0) is 49.1 Å². The van der Waals surface area contributed by atoms with Crippen LogP contribution in [0.5, 0.6) is 0 Å². The predicted octanol–water partition coefficient (Wildman–Crippen LogP) is 4.23. The van der Waals surface area contributed by atoms with Crippen molar-refractivity contribution in [1.29, 1.82) is 0 Å². The number of nitrogens with one attached hydrogen (secondary N) is 2. The number of hydrogen-bond acceptors (Lipinski definition) is 3. The SMILES string of the molecule is O=C(Nc1ccc(C(F)(F)F)cc1)N1CCC2(CC1)NC(Cc1ccccc1)C(=O)N2C1CC1. The lowest BCUT2D eigenvalue weighted by Crippen LogP contribution is -2.60. The number of anilines is 1. The topological polar surface area (TPSA) is 64.7 Å². The maximum absolute atomic E-state index is 13.3. The van der Waals surface area contributed by atoms with Gasteiger partial charge in [-0.1, -0.05) is 30.3 Å². The molecule has 1 atom stereocenters. The molecule has 34 heavy (non-hydrogen) atoms. The summed E-state index contributed by atoms with van der Waals surface area (Å²) in [6, 6.07) is 14.0.